The first-order valence-electron chi connectivity index (χ1n) is 11.3. The molecule has 3 heterocycles. The molecule has 2 aromatic carbocycles. The minimum Gasteiger partial charge on any atom is -0.490 e. The van der Waals surface area contributed by atoms with Crippen LogP contribution in [0.1, 0.15) is 40.7 Å². The van der Waals surface area contributed by atoms with Crippen molar-refractivity contribution in [3.63, 3.8) is 0 Å². The first kappa shape index (κ1) is 21.0. The number of benzene rings is 2. The highest BCUT2D eigenvalue weighted by molar-refractivity contribution is 6.05. The van der Waals surface area contributed by atoms with Gasteiger partial charge in [0.25, 0.3) is 5.91 Å². The number of H-pyrrole nitrogens is 1. The fourth-order valence-electron chi connectivity index (χ4n) is 4.72. The molecule has 1 saturated heterocycles. The van der Waals surface area contributed by atoms with Gasteiger partial charge in [0.05, 0.1) is 12.2 Å². The molecule has 32 heavy (non-hydrogen) atoms. The third-order valence-electron chi connectivity index (χ3n) is 6.39. The number of piperidine rings is 1. The second-order valence-electron chi connectivity index (χ2n) is 8.74. The summed E-state index contributed by atoms with van der Waals surface area (Å²) in [5.41, 5.74) is 5.45. The molecule has 1 fully saturated rings. The van der Waals surface area contributed by atoms with Crippen LogP contribution in [0, 0.1) is 0 Å². The zero-order valence-electron chi connectivity index (χ0n) is 18.1. The van der Waals surface area contributed by atoms with Crippen molar-refractivity contribution in [1.29, 1.82) is 0 Å². The van der Waals surface area contributed by atoms with Crippen LogP contribution in [0.15, 0.2) is 36.4 Å². The predicted molar refractivity (Wildman–Crippen MR) is 123 cm³/mol. The van der Waals surface area contributed by atoms with Crippen molar-refractivity contribution < 1.29 is 19.7 Å². The van der Waals surface area contributed by atoms with E-state index in [1.54, 1.807) is 0 Å². The van der Waals surface area contributed by atoms with Gasteiger partial charge in [0.1, 0.15) is 18.5 Å². The number of aromatic nitrogens is 1. The predicted octanol–water partition coefficient (Wildman–Crippen LogP) is 2.80. The van der Waals surface area contributed by atoms with Crippen LogP contribution >= 0.6 is 0 Å². The van der Waals surface area contributed by atoms with Gasteiger partial charge in [-0.15, -0.1) is 0 Å². The van der Waals surface area contributed by atoms with E-state index in [4.69, 9.17) is 9.84 Å². The molecule has 0 spiro atoms. The number of nitrogens with one attached hydrogen (secondary N) is 2. The number of aliphatic hydroxyl groups is 2. The van der Waals surface area contributed by atoms with E-state index in [0.717, 1.165) is 34.3 Å². The standard InChI is InChI=1S/C25H29N3O4/c29-14-18(30)15-32-23-7-5-19(24-20(23)12-26-25(24)31)22-11-17-10-16(4-6-21(17)27-22)13-28-8-2-1-3-9-28/h4-7,10-11,18,27,29-30H,1-3,8-9,12-15H2,(H,26,31). The summed E-state index contributed by atoms with van der Waals surface area (Å²) in [5.74, 6) is 0.419. The van der Waals surface area contributed by atoms with Crippen molar-refractivity contribution in [2.75, 3.05) is 26.3 Å². The Kier molecular flexibility index (Phi) is 5.87. The van der Waals surface area contributed by atoms with Crippen molar-refractivity contribution in [1.82, 2.24) is 15.2 Å². The Bertz CT molecular complexity index is 1130. The van der Waals surface area contributed by atoms with Gasteiger partial charge < -0.3 is 25.3 Å². The third-order valence-corrected chi connectivity index (χ3v) is 6.39. The Morgan fingerprint density at radius 1 is 1.09 bits per heavy atom. The number of amides is 1. The number of nitrogens with zero attached hydrogens (tertiary/aromatic N) is 1. The fraction of sp³-hybridized carbons (Fsp3) is 0.400. The quantitative estimate of drug-likeness (QED) is 0.458. The molecule has 2 aliphatic heterocycles. The van der Waals surface area contributed by atoms with E-state index in [1.165, 1.54) is 37.9 Å². The lowest BCUT2D eigenvalue weighted by molar-refractivity contribution is 0.0533. The average molecular weight is 436 g/mol. The summed E-state index contributed by atoms with van der Waals surface area (Å²) in [6.07, 6.45) is 2.94. The van der Waals surface area contributed by atoms with Crippen LogP contribution in [-0.2, 0) is 13.1 Å². The normalized spacial score (nSPS) is 17.4. The van der Waals surface area contributed by atoms with E-state index in [0.29, 0.717) is 17.9 Å². The molecule has 0 bridgehead atoms. The Labute approximate surface area is 187 Å². The smallest absolute Gasteiger partial charge is 0.252 e. The van der Waals surface area contributed by atoms with Gasteiger partial charge in [-0.2, -0.15) is 0 Å². The minimum absolute atomic E-state index is 0.0251. The van der Waals surface area contributed by atoms with Crippen LogP contribution in [0.25, 0.3) is 22.2 Å². The molecule has 0 radical (unpaired) electrons. The summed E-state index contributed by atoms with van der Waals surface area (Å²) < 4.78 is 5.67. The van der Waals surface area contributed by atoms with Gasteiger partial charge in [-0.25, -0.2) is 0 Å². The molecule has 3 aromatic rings. The molecular weight excluding hydrogens is 406 g/mol. The third kappa shape index (κ3) is 4.11. The Balaban J connectivity index is 1.44. The lowest BCUT2D eigenvalue weighted by atomic mass is 9.99. The summed E-state index contributed by atoms with van der Waals surface area (Å²) in [6, 6.07) is 12.3. The molecule has 1 atom stereocenters. The van der Waals surface area contributed by atoms with E-state index < -0.39 is 6.10 Å². The Hall–Kier alpha value is -2.87. The number of fused-ring (bicyclic) bond motifs is 2. The summed E-state index contributed by atoms with van der Waals surface area (Å²) in [7, 11) is 0. The van der Waals surface area contributed by atoms with E-state index in [-0.39, 0.29) is 19.1 Å². The van der Waals surface area contributed by atoms with Gasteiger partial charge in [-0.05, 0) is 61.8 Å². The van der Waals surface area contributed by atoms with Crippen molar-refractivity contribution >= 4 is 16.8 Å². The van der Waals surface area contributed by atoms with Crippen molar-refractivity contribution in [2.45, 2.75) is 38.5 Å². The molecule has 0 aliphatic carbocycles. The molecular formula is C25H29N3O4. The first-order chi connectivity index (χ1) is 15.6. The zero-order valence-corrected chi connectivity index (χ0v) is 18.1. The number of ether oxygens (including phenoxy) is 1. The van der Waals surface area contributed by atoms with Crippen LogP contribution in [0.5, 0.6) is 5.75 Å². The number of aliphatic hydroxyl groups excluding tert-OH is 2. The summed E-state index contributed by atoms with van der Waals surface area (Å²) >= 11 is 0. The Morgan fingerprint density at radius 2 is 1.94 bits per heavy atom. The monoisotopic (exact) mass is 435 g/mol. The largest absolute Gasteiger partial charge is 0.490 e. The number of carbonyl (C=O) groups excluding carboxylic acids is 1. The highest BCUT2D eigenvalue weighted by atomic mass is 16.5. The number of carbonyl (C=O) groups is 1. The molecule has 2 aliphatic rings. The van der Waals surface area contributed by atoms with Crippen molar-refractivity contribution in [3.8, 4) is 17.0 Å². The number of rotatable bonds is 7. The van der Waals surface area contributed by atoms with Gasteiger partial charge in [-0.1, -0.05) is 12.5 Å². The van der Waals surface area contributed by atoms with Gasteiger partial charge in [0.15, 0.2) is 0 Å². The highest BCUT2D eigenvalue weighted by Crippen LogP contribution is 2.36. The van der Waals surface area contributed by atoms with E-state index in [1.807, 2.05) is 12.1 Å². The number of hydrogen-bond donors (Lipinski definition) is 4. The molecule has 0 saturated carbocycles. The lowest BCUT2D eigenvalue weighted by Gasteiger charge is -2.26. The molecule has 1 aromatic heterocycles. The minimum atomic E-state index is -0.955. The molecule has 4 N–H and O–H groups in total. The van der Waals surface area contributed by atoms with E-state index >= 15 is 0 Å². The number of aromatic amines is 1. The van der Waals surface area contributed by atoms with Crippen LogP contribution in [0.2, 0.25) is 0 Å². The van der Waals surface area contributed by atoms with Gasteiger partial charge >= 0.3 is 0 Å². The average Bonchev–Trinajstić information content (AvgIpc) is 3.42. The van der Waals surface area contributed by atoms with Crippen LogP contribution in [-0.4, -0.2) is 58.4 Å². The summed E-state index contributed by atoms with van der Waals surface area (Å²) in [5, 5.41) is 22.6. The first-order valence-corrected chi connectivity index (χ1v) is 11.3. The molecule has 1 amide bonds. The van der Waals surface area contributed by atoms with Crippen molar-refractivity contribution in [2.24, 2.45) is 0 Å². The molecule has 7 nitrogen and oxygen atoms in total. The van der Waals surface area contributed by atoms with Crippen molar-refractivity contribution in [3.05, 3.63) is 53.1 Å². The summed E-state index contributed by atoms with van der Waals surface area (Å²) in [6.45, 7) is 3.30. The second-order valence-corrected chi connectivity index (χ2v) is 8.74. The van der Waals surface area contributed by atoms with Gasteiger partial charge in [-0.3, -0.25) is 9.69 Å². The van der Waals surface area contributed by atoms with Gasteiger partial charge in [0, 0.05) is 40.8 Å². The van der Waals surface area contributed by atoms with E-state index in [2.05, 4.69) is 39.5 Å². The molecule has 5 rings (SSSR count). The number of hydrogen-bond acceptors (Lipinski definition) is 5. The maximum absolute atomic E-state index is 12.6. The number of likely N-dealkylation sites (tertiary alicyclic amines) is 1. The topological polar surface area (TPSA) is 97.8 Å². The Morgan fingerprint density at radius 3 is 2.75 bits per heavy atom. The lowest BCUT2D eigenvalue weighted by Crippen LogP contribution is -2.28. The zero-order chi connectivity index (χ0) is 22.1. The molecule has 1 unspecified atom stereocenters. The SMILES string of the molecule is O=C1NCc2c(OCC(O)CO)ccc(-c3cc4cc(CN5CCCCC5)ccc4[nH]3)c21. The fourth-order valence-corrected chi connectivity index (χ4v) is 4.72. The second kappa shape index (κ2) is 8.94. The molecule has 168 valence electrons. The molecule has 7 heteroatoms. The van der Waals surface area contributed by atoms with E-state index in [9.17, 15) is 9.90 Å². The van der Waals surface area contributed by atoms with Crippen LogP contribution in [0.4, 0.5) is 0 Å². The maximum Gasteiger partial charge on any atom is 0.252 e. The van der Waals surface area contributed by atoms with Crippen LogP contribution in [0.3, 0.4) is 0 Å². The highest BCUT2D eigenvalue weighted by Gasteiger charge is 2.27. The maximum atomic E-state index is 12.6. The summed E-state index contributed by atoms with van der Waals surface area (Å²) in [4.78, 5) is 18.6. The van der Waals surface area contributed by atoms with Crippen LogP contribution < -0.4 is 10.1 Å². The van der Waals surface area contributed by atoms with Gasteiger partial charge in [0.2, 0.25) is 0 Å².